The van der Waals surface area contributed by atoms with E-state index in [-0.39, 0.29) is 11.5 Å². The van der Waals surface area contributed by atoms with Gasteiger partial charge in [-0.25, -0.2) is 0 Å². The predicted molar refractivity (Wildman–Crippen MR) is 110 cm³/mol. The van der Waals surface area contributed by atoms with Gasteiger partial charge in [0.05, 0.1) is 22.0 Å². The third-order valence-corrected chi connectivity index (χ3v) is 4.51. The van der Waals surface area contributed by atoms with Crippen molar-refractivity contribution in [2.45, 2.75) is 20.8 Å². The molecule has 0 atom stereocenters. The van der Waals surface area contributed by atoms with Gasteiger partial charge in [0.2, 0.25) is 0 Å². The van der Waals surface area contributed by atoms with Crippen LogP contribution in [0.5, 0.6) is 34.5 Å². The summed E-state index contributed by atoms with van der Waals surface area (Å²) in [6, 6.07) is 9.99. The standard InChI is InChI=1S/C21H18N2O8/c1-11-6-14(30-15-7-12(2)20(24)17(9-15)22(26)27)4-5-19(11)31-16-8-13(3)21(25)18(10-16)23(28)29/h4-10,24-25H,1-3H3. The maximum atomic E-state index is 11.1. The van der Waals surface area contributed by atoms with Gasteiger partial charge in [-0.1, -0.05) is 0 Å². The van der Waals surface area contributed by atoms with Crippen molar-refractivity contribution in [2.24, 2.45) is 0 Å². The van der Waals surface area contributed by atoms with Crippen LogP contribution < -0.4 is 9.47 Å². The molecule has 0 aliphatic carbocycles. The lowest BCUT2D eigenvalue weighted by Gasteiger charge is -2.13. The molecule has 0 aromatic heterocycles. The SMILES string of the molecule is Cc1cc(Oc2cc(C)c(O)c([N+](=O)[O-])c2)ccc1Oc1cc(C)c(O)c([N+](=O)[O-])c1. The summed E-state index contributed by atoms with van der Waals surface area (Å²) >= 11 is 0. The van der Waals surface area contributed by atoms with Crippen LogP contribution in [0.15, 0.2) is 42.5 Å². The van der Waals surface area contributed by atoms with E-state index in [1.165, 1.54) is 26.0 Å². The Kier molecular flexibility index (Phi) is 5.64. The normalized spacial score (nSPS) is 10.5. The molecule has 10 heteroatoms. The molecule has 0 unspecified atom stereocenters. The van der Waals surface area contributed by atoms with Crippen LogP contribution in [-0.2, 0) is 0 Å². The number of phenolic OH excluding ortho intramolecular Hbond substituents is 2. The van der Waals surface area contributed by atoms with Gasteiger partial charge in [0.15, 0.2) is 11.5 Å². The molecule has 0 bridgehead atoms. The Labute approximate surface area is 176 Å². The van der Waals surface area contributed by atoms with E-state index in [4.69, 9.17) is 9.47 Å². The molecule has 0 spiro atoms. The molecule has 0 aliphatic rings. The first-order chi connectivity index (χ1) is 14.6. The fraction of sp³-hybridized carbons (Fsp3) is 0.143. The molecule has 2 N–H and O–H groups in total. The Morgan fingerprint density at radius 3 is 1.58 bits per heavy atom. The van der Waals surface area contributed by atoms with E-state index in [0.29, 0.717) is 28.2 Å². The number of hydrogen-bond acceptors (Lipinski definition) is 8. The molecular formula is C21H18N2O8. The van der Waals surface area contributed by atoms with Gasteiger partial charge in [-0.05, 0) is 56.7 Å². The number of aromatic hydroxyl groups is 2. The second kappa shape index (κ2) is 8.19. The molecule has 0 saturated heterocycles. The zero-order chi connectivity index (χ0) is 22.9. The number of phenols is 2. The highest BCUT2D eigenvalue weighted by Crippen LogP contribution is 2.38. The molecule has 3 rings (SSSR count). The lowest BCUT2D eigenvalue weighted by Crippen LogP contribution is -1.95. The highest BCUT2D eigenvalue weighted by Gasteiger charge is 2.20. The highest BCUT2D eigenvalue weighted by molar-refractivity contribution is 5.57. The second-order valence-corrected chi connectivity index (χ2v) is 6.86. The first kappa shape index (κ1) is 21.4. The van der Waals surface area contributed by atoms with Crippen molar-refractivity contribution in [1.82, 2.24) is 0 Å². The van der Waals surface area contributed by atoms with Crippen LogP contribution in [0.25, 0.3) is 0 Å². The van der Waals surface area contributed by atoms with E-state index in [2.05, 4.69) is 0 Å². The minimum absolute atomic E-state index is 0.180. The van der Waals surface area contributed by atoms with E-state index in [9.17, 15) is 30.4 Å². The van der Waals surface area contributed by atoms with Crippen LogP contribution in [0.3, 0.4) is 0 Å². The number of aryl methyl sites for hydroxylation is 3. The summed E-state index contributed by atoms with van der Waals surface area (Å²) in [4.78, 5) is 20.8. The molecule has 0 fully saturated rings. The highest BCUT2D eigenvalue weighted by atomic mass is 16.6. The fourth-order valence-electron chi connectivity index (χ4n) is 2.92. The first-order valence-electron chi connectivity index (χ1n) is 8.99. The maximum Gasteiger partial charge on any atom is 0.314 e. The Hall–Kier alpha value is -4.34. The molecule has 0 heterocycles. The van der Waals surface area contributed by atoms with Crippen molar-refractivity contribution in [3.63, 3.8) is 0 Å². The van der Waals surface area contributed by atoms with Crippen molar-refractivity contribution >= 4 is 11.4 Å². The summed E-state index contributed by atoms with van der Waals surface area (Å²) in [6.45, 7) is 4.78. The number of nitro groups is 2. The zero-order valence-electron chi connectivity index (χ0n) is 16.8. The third kappa shape index (κ3) is 4.47. The summed E-state index contributed by atoms with van der Waals surface area (Å²) in [7, 11) is 0. The van der Waals surface area contributed by atoms with Crippen molar-refractivity contribution in [3.8, 4) is 34.5 Å². The first-order valence-corrected chi connectivity index (χ1v) is 8.99. The van der Waals surface area contributed by atoms with Crippen molar-refractivity contribution in [2.75, 3.05) is 0 Å². The number of rotatable bonds is 6. The largest absolute Gasteiger partial charge is 0.502 e. The van der Waals surface area contributed by atoms with E-state index in [1.807, 2.05) is 0 Å². The summed E-state index contributed by atoms with van der Waals surface area (Å²) in [6.07, 6.45) is 0. The zero-order valence-corrected chi connectivity index (χ0v) is 16.8. The predicted octanol–water partition coefficient (Wildman–Crippen LogP) is 5.42. The smallest absolute Gasteiger partial charge is 0.314 e. The van der Waals surface area contributed by atoms with Gasteiger partial charge in [-0.15, -0.1) is 0 Å². The van der Waals surface area contributed by atoms with Crippen LogP contribution in [0.2, 0.25) is 0 Å². The Morgan fingerprint density at radius 2 is 1.13 bits per heavy atom. The van der Waals surface area contributed by atoms with E-state index >= 15 is 0 Å². The lowest BCUT2D eigenvalue weighted by molar-refractivity contribution is -0.386. The summed E-state index contributed by atoms with van der Waals surface area (Å²) in [5, 5.41) is 41.8. The van der Waals surface area contributed by atoms with Gasteiger partial charge >= 0.3 is 11.4 Å². The third-order valence-electron chi connectivity index (χ3n) is 4.51. The second-order valence-electron chi connectivity index (χ2n) is 6.86. The van der Waals surface area contributed by atoms with Gasteiger partial charge in [-0.2, -0.15) is 0 Å². The van der Waals surface area contributed by atoms with Crippen molar-refractivity contribution < 1.29 is 29.5 Å². The molecule has 3 aromatic rings. The molecule has 0 radical (unpaired) electrons. The number of hydrogen-bond donors (Lipinski definition) is 2. The van der Waals surface area contributed by atoms with Gasteiger partial charge in [0.25, 0.3) is 0 Å². The minimum atomic E-state index is -0.698. The number of nitrogens with zero attached hydrogens (tertiary/aromatic N) is 2. The Bertz CT molecular complexity index is 1210. The van der Waals surface area contributed by atoms with Crippen LogP contribution in [0.4, 0.5) is 11.4 Å². The van der Waals surface area contributed by atoms with Gasteiger partial charge in [0.1, 0.15) is 23.0 Å². The van der Waals surface area contributed by atoms with E-state index in [0.717, 1.165) is 12.1 Å². The molecule has 0 aliphatic heterocycles. The number of ether oxygens (including phenoxy) is 2. The molecule has 10 nitrogen and oxygen atoms in total. The summed E-state index contributed by atoms with van der Waals surface area (Å²) in [5.74, 6) is 0.298. The minimum Gasteiger partial charge on any atom is -0.502 e. The van der Waals surface area contributed by atoms with Crippen LogP contribution in [-0.4, -0.2) is 20.1 Å². The van der Waals surface area contributed by atoms with Crippen LogP contribution >= 0.6 is 0 Å². The maximum absolute atomic E-state index is 11.1. The topological polar surface area (TPSA) is 145 Å². The summed E-state index contributed by atoms with van der Waals surface area (Å²) in [5.41, 5.74) is 0.306. The number of benzene rings is 3. The van der Waals surface area contributed by atoms with Gasteiger partial charge < -0.3 is 19.7 Å². The number of nitro benzene ring substituents is 2. The lowest BCUT2D eigenvalue weighted by atomic mass is 10.1. The van der Waals surface area contributed by atoms with Crippen LogP contribution in [0.1, 0.15) is 16.7 Å². The van der Waals surface area contributed by atoms with Crippen molar-refractivity contribution in [1.29, 1.82) is 0 Å². The van der Waals surface area contributed by atoms with E-state index < -0.39 is 32.7 Å². The van der Waals surface area contributed by atoms with Gasteiger partial charge in [0, 0.05) is 11.1 Å². The molecule has 160 valence electrons. The van der Waals surface area contributed by atoms with Gasteiger partial charge in [-0.3, -0.25) is 20.2 Å². The molecule has 3 aromatic carbocycles. The average Bonchev–Trinajstić information content (AvgIpc) is 2.68. The van der Waals surface area contributed by atoms with E-state index in [1.54, 1.807) is 25.1 Å². The average molecular weight is 426 g/mol. The summed E-state index contributed by atoms with van der Waals surface area (Å²) < 4.78 is 11.4. The van der Waals surface area contributed by atoms with Crippen LogP contribution in [0, 0.1) is 41.0 Å². The Morgan fingerprint density at radius 1 is 0.677 bits per heavy atom. The fourth-order valence-corrected chi connectivity index (χ4v) is 2.92. The quantitative estimate of drug-likeness (QED) is 0.392. The monoisotopic (exact) mass is 426 g/mol. The Balaban J connectivity index is 1.86. The van der Waals surface area contributed by atoms with Crippen molar-refractivity contribution in [3.05, 3.63) is 79.4 Å². The molecule has 0 saturated carbocycles. The molecule has 31 heavy (non-hydrogen) atoms. The molecular weight excluding hydrogens is 408 g/mol. The molecule has 0 amide bonds.